The lowest BCUT2D eigenvalue weighted by Crippen LogP contribution is -1.91. The molecule has 0 aliphatic rings. The van der Waals surface area contributed by atoms with Crippen molar-refractivity contribution in [3.05, 3.63) is 21.3 Å². The largest absolute Gasteiger partial charge is 0.409 e. The van der Waals surface area contributed by atoms with Gasteiger partial charge in [-0.15, -0.1) is 0 Å². The zero-order valence-electron chi connectivity index (χ0n) is 8.24. The van der Waals surface area contributed by atoms with Gasteiger partial charge >= 0.3 is 5.77 Å². The fourth-order valence-electron chi connectivity index (χ4n) is 0.747. The number of hydrogen-bond acceptors (Lipinski definition) is 5. The molecule has 9 heteroatoms. The maximum Gasteiger partial charge on any atom is 0.360 e. The number of halogens is 3. The van der Waals surface area contributed by atoms with E-state index in [0.717, 1.165) is 22.8 Å². The van der Waals surface area contributed by atoms with Crippen molar-refractivity contribution in [1.29, 1.82) is 0 Å². The van der Waals surface area contributed by atoms with Crippen LogP contribution in [0.25, 0.3) is 0 Å². The first kappa shape index (κ1) is 14.8. The van der Waals surface area contributed by atoms with E-state index in [2.05, 4.69) is 4.98 Å². The van der Waals surface area contributed by atoms with Crippen LogP contribution in [0.3, 0.4) is 0 Å². The number of rotatable bonds is 4. The normalized spacial score (nSPS) is 11.6. The number of pyridine rings is 1. The third-order valence-electron chi connectivity index (χ3n) is 1.50. The molecule has 1 rings (SSSR count). The SMILES string of the molecule is CSP(=O)(Oc1nc(Cl)c(Cl)cc1Cl)SC. The zero-order chi connectivity index (χ0) is 12.3. The van der Waals surface area contributed by atoms with E-state index in [1.54, 1.807) is 12.5 Å². The van der Waals surface area contributed by atoms with Crippen molar-refractivity contribution in [3.63, 3.8) is 0 Å². The fraction of sp³-hybridized carbons (Fsp3) is 0.286. The summed E-state index contributed by atoms with van der Waals surface area (Å²) in [6.07, 6.45) is 3.37. The molecule has 0 spiro atoms. The van der Waals surface area contributed by atoms with E-state index < -0.39 is 5.77 Å². The molecule has 0 unspecified atom stereocenters. The summed E-state index contributed by atoms with van der Waals surface area (Å²) in [5, 5.41) is 0.467. The minimum Gasteiger partial charge on any atom is -0.409 e. The van der Waals surface area contributed by atoms with Gasteiger partial charge in [-0.1, -0.05) is 57.6 Å². The van der Waals surface area contributed by atoms with Gasteiger partial charge < -0.3 is 4.52 Å². The van der Waals surface area contributed by atoms with Crippen LogP contribution in [-0.2, 0) is 4.57 Å². The Kier molecular flexibility index (Phi) is 5.62. The Labute approximate surface area is 117 Å². The molecule has 0 saturated heterocycles. The monoisotopic (exact) mass is 337 g/mol. The molecule has 0 N–H and O–H groups in total. The minimum absolute atomic E-state index is 0.0306. The number of hydrogen-bond donors (Lipinski definition) is 0. The molecule has 0 aliphatic heterocycles. The van der Waals surface area contributed by atoms with Crippen LogP contribution >= 0.6 is 63.3 Å². The molecule has 0 atom stereocenters. The van der Waals surface area contributed by atoms with Crippen molar-refractivity contribution in [2.24, 2.45) is 0 Å². The third-order valence-corrected chi connectivity index (χ3v) is 9.55. The zero-order valence-corrected chi connectivity index (χ0v) is 13.0. The summed E-state index contributed by atoms with van der Waals surface area (Å²) < 4.78 is 17.3. The minimum atomic E-state index is -2.88. The van der Waals surface area contributed by atoms with E-state index in [1.807, 2.05) is 0 Å². The lowest BCUT2D eigenvalue weighted by molar-refractivity contribution is 0.505. The summed E-state index contributed by atoms with van der Waals surface area (Å²) in [5.74, 6) is -2.85. The lowest BCUT2D eigenvalue weighted by atomic mass is 10.5. The molecule has 0 bridgehead atoms. The van der Waals surface area contributed by atoms with Gasteiger partial charge in [0.25, 0.3) is 0 Å². The maximum atomic E-state index is 12.0. The number of nitrogens with zero attached hydrogens (tertiary/aromatic N) is 1. The Hall–Kier alpha value is 0.750. The first-order valence-corrected chi connectivity index (χ1v) is 10.3. The molecule has 1 aromatic heterocycles. The second-order valence-corrected chi connectivity index (χ2v) is 11.2. The summed E-state index contributed by atoms with van der Waals surface area (Å²) in [4.78, 5) is 3.83. The van der Waals surface area contributed by atoms with E-state index in [1.165, 1.54) is 6.07 Å². The third kappa shape index (κ3) is 3.62. The highest BCUT2D eigenvalue weighted by atomic mass is 35.5. The predicted molar refractivity (Wildman–Crippen MR) is 74.5 cm³/mol. The highest BCUT2D eigenvalue weighted by Gasteiger charge is 2.24. The van der Waals surface area contributed by atoms with E-state index in [9.17, 15) is 4.57 Å². The van der Waals surface area contributed by atoms with Crippen molar-refractivity contribution < 1.29 is 9.09 Å². The quantitative estimate of drug-likeness (QED) is 0.553. The molecular weight excluding hydrogens is 332 g/mol. The maximum absolute atomic E-state index is 12.0. The van der Waals surface area contributed by atoms with Gasteiger partial charge in [0.05, 0.1) is 5.02 Å². The lowest BCUT2D eigenvalue weighted by Gasteiger charge is -2.14. The van der Waals surface area contributed by atoms with E-state index >= 15 is 0 Å². The average molecular weight is 339 g/mol. The standard InChI is InChI=1S/C7H7Cl3NO2PS2/c1-15-14(12,16-2)13-7-5(9)3-4(8)6(10)11-7/h3H,1-2H3. The van der Waals surface area contributed by atoms with Gasteiger partial charge in [0, 0.05) is 0 Å². The fourth-order valence-corrected chi connectivity index (χ4v) is 4.64. The van der Waals surface area contributed by atoms with E-state index in [-0.39, 0.29) is 21.1 Å². The van der Waals surface area contributed by atoms with Crippen molar-refractivity contribution in [1.82, 2.24) is 4.98 Å². The molecule has 0 fully saturated rings. The Bertz CT molecular complexity index is 438. The van der Waals surface area contributed by atoms with Crippen LogP contribution in [0, 0.1) is 0 Å². The van der Waals surface area contributed by atoms with Gasteiger partial charge in [-0.25, -0.2) is 0 Å². The van der Waals surface area contributed by atoms with Crippen molar-refractivity contribution in [2.45, 2.75) is 0 Å². The van der Waals surface area contributed by atoms with E-state index in [0.29, 0.717) is 0 Å². The van der Waals surface area contributed by atoms with Crippen molar-refractivity contribution in [2.75, 3.05) is 12.5 Å². The van der Waals surface area contributed by atoms with Gasteiger partial charge in [-0.3, -0.25) is 4.57 Å². The molecule has 0 aromatic carbocycles. The Morgan fingerprint density at radius 1 is 1.25 bits per heavy atom. The summed E-state index contributed by atoms with van der Waals surface area (Å²) in [5.41, 5.74) is 0. The van der Waals surface area contributed by atoms with Crippen LogP contribution in [0.2, 0.25) is 15.2 Å². The Balaban J connectivity index is 3.06. The second kappa shape index (κ2) is 6.07. The average Bonchev–Trinajstić information content (AvgIpc) is 2.25. The van der Waals surface area contributed by atoms with Crippen molar-refractivity contribution in [3.8, 4) is 5.88 Å². The van der Waals surface area contributed by atoms with Crippen LogP contribution in [0.15, 0.2) is 6.07 Å². The number of aromatic nitrogens is 1. The smallest absolute Gasteiger partial charge is 0.360 e. The molecular formula is C7H7Cl3NO2PS2. The van der Waals surface area contributed by atoms with Crippen LogP contribution in [0.1, 0.15) is 0 Å². The van der Waals surface area contributed by atoms with Gasteiger partial charge in [0.2, 0.25) is 5.88 Å². The van der Waals surface area contributed by atoms with Crippen LogP contribution in [-0.4, -0.2) is 17.5 Å². The molecule has 1 heterocycles. The summed E-state index contributed by atoms with van der Waals surface area (Å²) in [6.45, 7) is 0. The first-order valence-electron chi connectivity index (χ1n) is 3.84. The Morgan fingerprint density at radius 2 is 1.81 bits per heavy atom. The van der Waals surface area contributed by atoms with Gasteiger partial charge in [0.15, 0.2) is 5.15 Å². The van der Waals surface area contributed by atoms with Crippen molar-refractivity contribution >= 4 is 63.3 Å². The summed E-state index contributed by atoms with van der Waals surface area (Å²) in [6, 6.07) is 1.40. The molecule has 0 aliphatic carbocycles. The van der Waals surface area contributed by atoms with Crippen LogP contribution in [0.5, 0.6) is 5.88 Å². The summed E-state index contributed by atoms with van der Waals surface area (Å²) >= 11 is 19.5. The predicted octanol–water partition coefficient (Wildman–Crippen LogP) is 5.25. The van der Waals surface area contributed by atoms with Gasteiger partial charge in [-0.05, 0) is 18.6 Å². The topological polar surface area (TPSA) is 39.2 Å². The molecule has 0 radical (unpaired) electrons. The molecule has 1 aromatic rings. The second-order valence-electron chi connectivity index (χ2n) is 2.45. The highest BCUT2D eigenvalue weighted by Crippen LogP contribution is 2.67. The Morgan fingerprint density at radius 3 is 2.31 bits per heavy atom. The van der Waals surface area contributed by atoms with Crippen LogP contribution < -0.4 is 4.52 Å². The molecule has 0 amide bonds. The molecule has 16 heavy (non-hydrogen) atoms. The van der Waals surface area contributed by atoms with Gasteiger partial charge in [-0.2, -0.15) is 4.98 Å². The molecule has 0 saturated carbocycles. The van der Waals surface area contributed by atoms with E-state index in [4.69, 9.17) is 39.3 Å². The van der Waals surface area contributed by atoms with Gasteiger partial charge in [0.1, 0.15) is 5.02 Å². The molecule has 3 nitrogen and oxygen atoms in total. The first-order chi connectivity index (χ1) is 7.41. The summed E-state index contributed by atoms with van der Waals surface area (Å²) in [7, 11) is 0. The molecule has 90 valence electrons. The van der Waals surface area contributed by atoms with Crippen LogP contribution in [0.4, 0.5) is 0 Å². The highest BCUT2D eigenvalue weighted by molar-refractivity contribution is 8.89.